The normalized spacial score (nSPS) is 22.7. The van der Waals surface area contributed by atoms with E-state index in [1.807, 2.05) is 13.8 Å². The average molecular weight is 369 g/mol. The standard InChI is InChI=1S/C17H27N3O4S/c1-12(2)15-10-16(24-18-15)17(21)20-9-5-8-14(11-20)25(22,23)19-13-6-3-4-7-13/h10,12-14,19H,3-9,11H2,1-2H3/t14-/m1/s1. The molecule has 0 radical (unpaired) electrons. The van der Waals surface area contributed by atoms with Gasteiger partial charge >= 0.3 is 0 Å². The number of carbonyl (C=O) groups excluding carboxylic acids is 1. The highest BCUT2D eigenvalue weighted by molar-refractivity contribution is 7.90. The third kappa shape index (κ3) is 4.23. The van der Waals surface area contributed by atoms with Crippen LogP contribution in [0.5, 0.6) is 0 Å². The van der Waals surface area contributed by atoms with Gasteiger partial charge in [-0.1, -0.05) is 31.8 Å². The first-order valence-electron chi connectivity index (χ1n) is 9.14. The minimum Gasteiger partial charge on any atom is -0.351 e. The number of hydrogen-bond donors (Lipinski definition) is 1. The monoisotopic (exact) mass is 369 g/mol. The van der Waals surface area contributed by atoms with Gasteiger partial charge in [-0.3, -0.25) is 4.79 Å². The van der Waals surface area contributed by atoms with Crippen molar-refractivity contribution < 1.29 is 17.7 Å². The van der Waals surface area contributed by atoms with Crippen LogP contribution >= 0.6 is 0 Å². The van der Waals surface area contributed by atoms with E-state index in [0.717, 1.165) is 31.4 Å². The first kappa shape index (κ1) is 18.4. The van der Waals surface area contributed by atoms with Crippen molar-refractivity contribution in [3.8, 4) is 0 Å². The highest BCUT2D eigenvalue weighted by atomic mass is 32.2. The SMILES string of the molecule is CC(C)c1cc(C(=O)N2CCC[C@@H](S(=O)(=O)NC3CCCC3)C2)on1. The number of carbonyl (C=O) groups is 1. The van der Waals surface area contributed by atoms with Crippen LogP contribution in [0.4, 0.5) is 0 Å². The molecule has 1 atom stereocenters. The van der Waals surface area contributed by atoms with E-state index in [-0.39, 0.29) is 30.2 Å². The molecule has 1 saturated heterocycles. The molecule has 25 heavy (non-hydrogen) atoms. The van der Waals surface area contributed by atoms with Gasteiger partial charge in [-0.15, -0.1) is 0 Å². The predicted molar refractivity (Wildman–Crippen MR) is 93.8 cm³/mol. The van der Waals surface area contributed by atoms with Crippen LogP contribution in [0.1, 0.15) is 74.5 Å². The van der Waals surface area contributed by atoms with Crippen molar-refractivity contribution >= 4 is 15.9 Å². The predicted octanol–water partition coefficient (Wildman–Crippen LogP) is 2.26. The third-order valence-corrected chi connectivity index (χ3v) is 7.05. The molecule has 0 aromatic carbocycles. The van der Waals surface area contributed by atoms with Gasteiger partial charge in [-0.2, -0.15) is 0 Å². The molecule has 140 valence electrons. The third-order valence-electron chi connectivity index (χ3n) is 5.12. The van der Waals surface area contributed by atoms with Gasteiger partial charge in [0.15, 0.2) is 0 Å². The fourth-order valence-corrected chi connectivity index (χ4v) is 5.31. The fourth-order valence-electron chi connectivity index (χ4n) is 3.57. The molecule has 2 fully saturated rings. The largest absolute Gasteiger partial charge is 0.351 e. The number of likely N-dealkylation sites (tertiary alicyclic amines) is 1. The van der Waals surface area contributed by atoms with Crippen LogP contribution in [0, 0.1) is 0 Å². The Bertz CT molecular complexity index is 707. The fraction of sp³-hybridized carbons (Fsp3) is 0.765. The molecule has 2 heterocycles. The number of hydrogen-bond acceptors (Lipinski definition) is 5. The maximum Gasteiger partial charge on any atom is 0.292 e. The van der Waals surface area contributed by atoms with Crippen LogP contribution in [-0.4, -0.2) is 48.8 Å². The molecule has 2 aliphatic rings. The first-order valence-corrected chi connectivity index (χ1v) is 10.7. The van der Waals surface area contributed by atoms with Crippen molar-refractivity contribution in [2.45, 2.75) is 69.6 Å². The van der Waals surface area contributed by atoms with Gasteiger partial charge in [-0.25, -0.2) is 13.1 Å². The number of piperidine rings is 1. The van der Waals surface area contributed by atoms with Crippen LogP contribution < -0.4 is 4.72 Å². The summed E-state index contributed by atoms with van der Waals surface area (Å²) < 4.78 is 33.3. The summed E-state index contributed by atoms with van der Waals surface area (Å²) in [5.41, 5.74) is 0.729. The molecule has 1 saturated carbocycles. The zero-order chi connectivity index (χ0) is 18.0. The Kier molecular flexibility index (Phi) is 5.48. The van der Waals surface area contributed by atoms with Gasteiger partial charge in [0.1, 0.15) is 0 Å². The Morgan fingerprint density at radius 3 is 2.64 bits per heavy atom. The summed E-state index contributed by atoms with van der Waals surface area (Å²) in [4.78, 5) is 14.2. The van der Waals surface area contributed by atoms with Gasteiger partial charge in [0.2, 0.25) is 15.8 Å². The lowest BCUT2D eigenvalue weighted by Gasteiger charge is -2.32. The summed E-state index contributed by atoms with van der Waals surface area (Å²) in [5.74, 6) is 0.0843. The van der Waals surface area contributed by atoms with E-state index >= 15 is 0 Å². The van der Waals surface area contributed by atoms with Gasteiger partial charge in [0.05, 0.1) is 10.9 Å². The van der Waals surface area contributed by atoms with Gasteiger partial charge < -0.3 is 9.42 Å². The van der Waals surface area contributed by atoms with Crippen molar-refractivity contribution in [3.63, 3.8) is 0 Å². The lowest BCUT2D eigenvalue weighted by atomic mass is 10.1. The first-order chi connectivity index (χ1) is 11.9. The summed E-state index contributed by atoms with van der Waals surface area (Å²) in [6.45, 7) is 4.71. The summed E-state index contributed by atoms with van der Waals surface area (Å²) in [6.07, 6.45) is 5.22. The Morgan fingerprint density at radius 1 is 1.28 bits per heavy atom. The van der Waals surface area contributed by atoms with E-state index in [0.29, 0.717) is 19.4 Å². The molecule has 1 aromatic rings. The highest BCUT2D eigenvalue weighted by Crippen LogP contribution is 2.23. The summed E-state index contributed by atoms with van der Waals surface area (Å²) >= 11 is 0. The van der Waals surface area contributed by atoms with E-state index < -0.39 is 15.3 Å². The van der Waals surface area contributed by atoms with E-state index in [1.165, 1.54) is 0 Å². The molecule has 8 heteroatoms. The zero-order valence-electron chi connectivity index (χ0n) is 14.9. The number of amides is 1. The van der Waals surface area contributed by atoms with Crippen LogP contribution in [-0.2, 0) is 10.0 Å². The Hall–Kier alpha value is -1.41. The molecule has 1 amide bonds. The highest BCUT2D eigenvalue weighted by Gasteiger charge is 2.35. The number of nitrogens with zero attached hydrogens (tertiary/aromatic N) is 2. The van der Waals surface area contributed by atoms with Crippen molar-refractivity contribution in [2.24, 2.45) is 0 Å². The molecule has 7 nitrogen and oxygen atoms in total. The van der Waals surface area contributed by atoms with Crippen molar-refractivity contribution in [1.82, 2.24) is 14.8 Å². The molecular weight excluding hydrogens is 342 g/mol. The van der Waals surface area contributed by atoms with Gasteiger partial charge in [0.25, 0.3) is 5.91 Å². The molecular formula is C17H27N3O4S. The van der Waals surface area contributed by atoms with Gasteiger partial charge in [-0.05, 0) is 31.6 Å². The van der Waals surface area contributed by atoms with Crippen LogP contribution in [0.2, 0.25) is 0 Å². The summed E-state index contributed by atoms with van der Waals surface area (Å²) in [7, 11) is -3.41. The number of rotatable bonds is 5. The maximum atomic E-state index is 12.7. The smallest absolute Gasteiger partial charge is 0.292 e. The number of aromatic nitrogens is 1. The molecule has 1 aliphatic carbocycles. The van der Waals surface area contributed by atoms with E-state index in [4.69, 9.17) is 4.52 Å². The molecule has 3 rings (SSSR count). The molecule has 1 aliphatic heterocycles. The van der Waals surface area contributed by atoms with E-state index in [1.54, 1.807) is 11.0 Å². The Balaban J connectivity index is 1.66. The molecule has 0 bridgehead atoms. The van der Waals surface area contributed by atoms with Gasteiger partial charge in [0, 0.05) is 25.2 Å². The van der Waals surface area contributed by atoms with Crippen molar-refractivity contribution in [1.29, 1.82) is 0 Å². The van der Waals surface area contributed by atoms with Crippen LogP contribution in [0.3, 0.4) is 0 Å². The Labute approximate surface area is 149 Å². The Morgan fingerprint density at radius 2 is 2.00 bits per heavy atom. The molecule has 0 unspecified atom stereocenters. The van der Waals surface area contributed by atoms with E-state index in [9.17, 15) is 13.2 Å². The second kappa shape index (κ2) is 7.45. The van der Waals surface area contributed by atoms with Crippen molar-refractivity contribution in [2.75, 3.05) is 13.1 Å². The van der Waals surface area contributed by atoms with Crippen molar-refractivity contribution in [3.05, 3.63) is 17.5 Å². The average Bonchev–Trinajstić information content (AvgIpc) is 3.25. The molecule has 1 aromatic heterocycles. The minimum absolute atomic E-state index is 0.0546. The topological polar surface area (TPSA) is 92.5 Å². The second-order valence-electron chi connectivity index (χ2n) is 7.43. The maximum absolute atomic E-state index is 12.7. The van der Waals surface area contributed by atoms with Crippen LogP contribution in [0.25, 0.3) is 0 Å². The minimum atomic E-state index is -3.41. The number of nitrogens with one attached hydrogen (secondary N) is 1. The summed E-state index contributed by atoms with van der Waals surface area (Å²) in [5, 5.41) is 3.36. The second-order valence-corrected chi connectivity index (χ2v) is 9.42. The molecule has 1 N–H and O–H groups in total. The molecule has 0 spiro atoms. The van der Waals surface area contributed by atoms with Crippen LogP contribution in [0.15, 0.2) is 10.6 Å². The quantitative estimate of drug-likeness (QED) is 0.859. The number of sulfonamides is 1. The summed E-state index contributed by atoms with van der Waals surface area (Å²) in [6, 6.07) is 1.71. The lowest BCUT2D eigenvalue weighted by Crippen LogP contribution is -2.49. The lowest BCUT2D eigenvalue weighted by molar-refractivity contribution is 0.0684. The zero-order valence-corrected chi connectivity index (χ0v) is 15.7. The van der Waals surface area contributed by atoms with E-state index in [2.05, 4.69) is 9.88 Å².